The molecule has 0 fully saturated rings. The second kappa shape index (κ2) is 4.65. The summed E-state index contributed by atoms with van der Waals surface area (Å²) < 4.78 is 23.8. The normalized spacial score (nSPS) is 10.7. The van der Waals surface area contributed by atoms with Crippen LogP contribution in [-0.2, 0) is 0 Å². The van der Waals surface area contributed by atoms with Gasteiger partial charge in [-0.3, -0.25) is 0 Å². The fraction of sp³-hybridized carbons (Fsp3) is 0. The smallest absolute Gasteiger partial charge is 0.339 e. The van der Waals surface area contributed by atoms with Crippen molar-refractivity contribution in [2.75, 3.05) is 0 Å². The van der Waals surface area contributed by atoms with Gasteiger partial charge in [0.1, 0.15) is 22.7 Å². The maximum atomic E-state index is 13.1. The standard InChI is InChI=1S/C14H8FNO4/c15-8-1-2-12(10(7-8)14(17)18)20-13-9-4-6-19-11(9)3-5-16-13/h1-7H,(H,17,18). The largest absolute Gasteiger partial charge is 0.478 e. The Hall–Kier alpha value is -2.89. The zero-order valence-electron chi connectivity index (χ0n) is 10.0. The molecule has 0 radical (unpaired) electrons. The lowest BCUT2D eigenvalue weighted by Gasteiger charge is -2.08. The van der Waals surface area contributed by atoms with Gasteiger partial charge in [-0.1, -0.05) is 0 Å². The van der Waals surface area contributed by atoms with E-state index in [4.69, 9.17) is 14.3 Å². The van der Waals surface area contributed by atoms with Crippen molar-refractivity contribution in [1.29, 1.82) is 0 Å². The second-order valence-corrected chi connectivity index (χ2v) is 4.00. The van der Waals surface area contributed by atoms with E-state index in [0.717, 1.165) is 12.1 Å². The molecule has 2 heterocycles. The van der Waals surface area contributed by atoms with Crippen LogP contribution in [0.1, 0.15) is 10.4 Å². The molecule has 0 saturated carbocycles. The number of furan rings is 1. The Bertz CT molecular complexity index is 797. The van der Waals surface area contributed by atoms with E-state index in [1.807, 2.05) is 0 Å². The average molecular weight is 273 g/mol. The summed E-state index contributed by atoms with van der Waals surface area (Å²) in [6.07, 6.45) is 2.95. The van der Waals surface area contributed by atoms with Crippen molar-refractivity contribution in [3.05, 3.63) is 54.2 Å². The van der Waals surface area contributed by atoms with Gasteiger partial charge < -0.3 is 14.3 Å². The maximum absolute atomic E-state index is 13.1. The molecule has 0 saturated heterocycles. The van der Waals surface area contributed by atoms with Gasteiger partial charge in [-0.05, 0) is 30.3 Å². The van der Waals surface area contributed by atoms with Gasteiger partial charge in [-0.2, -0.15) is 0 Å². The van der Waals surface area contributed by atoms with Crippen molar-refractivity contribution in [2.45, 2.75) is 0 Å². The molecule has 5 nitrogen and oxygen atoms in total. The lowest BCUT2D eigenvalue weighted by molar-refractivity contribution is 0.0693. The predicted molar refractivity (Wildman–Crippen MR) is 67.4 cm³/mol. The molecule has 0 spiro atoms. The van der Waals surface area contributed by atoms with E-state index in [1.165, 1.54) is 18.5 Å². The third-order valence-corrected chi connectivity index (χ3v) is 2.72. The Balaban J connectivity index is 2.07. The molecule has 3 aromatic rings. The number of hydrogen-bond acceptors (Lipinski definition) is 4. The number of benzene rings is 1. The highest BCUT2D eigenvalue weighted by Gasteiger charge is 2.15. The Morgan fingerprint density at radius 3 is 2.95 bits per heavy atom. The van der Waals surface area contributed by atoms with Gasteiger partial charge in [0.25, 0.3) is 0 Å². The third-order valence-electron chi connectivity index (χ3n) is 2.72. The average Bonchev–Trinajstić information content (AvgIpc) is 2.90. The molecule has 0 unspecified atom stereocenters. The summed E-state index contributed by atoms with van der Waals surface area (Å²) in [5.74, 6) is -1.71. The molecule has 100 valence electrons. The molecule has 1 aromatic carbocycles. The molecular formula is C14H8FNO4. The summed E-state index contributed by atoms with van der Waals surface area (Å²) in [6, 6.07) is 6.58. The summed E-state index contributed by atoms with van der Waals surface area (Å²) >= 11 is 0. The molecule has 0 aliphatic heterocycles. The van der Waals surface area contributed by atoms with Crippen molar-refractivity contribution in [1.82, 2.24) is 4.98 Å². The molecule has 0 atom stereocenters. The Morgan fingerprint density at radius 1 is 1.30 bits per heavy atom. The van der Waals surface area contributed by atoms with Crippen LogP contribution >= 0.6 is 0 Å². The van der Waals surface area contributed by atoms with Crippen molar-refractivity contribution in [3.8, 4) is 11.6 Å². The second-order valence-electron chi connectivity index (χ2n) is 4.00. The lowest BCUT2D eigenvalue weighted by Crippen LogP contribution is -2.01. The molecular weight excluding hydrogens is 265 g/mol. The predicted octanol–water partition coefficient (Wildman–Crippen LogP) is 3.46. The van der Waals surface area contributed by atoms with Crippen LogP contribution in [-0.4, -0.2) is 16.1 Å². The minimum absolute atomic E-state index is 0.0140. The zero-order chi connectivity index (χ0) is 14.1. The number of hydrogen-bond donors (Lipinski definition) is 1. The van der Waals surface area contributed by atoms with Gasteiger partial charge in [0.2, 0.25) is 5.88 Å². The van der Waals surface area contributed by atoms with E-state index in [1.54, 1.807) is 12.1 Å². The van der Waals surface area contributed by atoms with Crippen LogP contribution in [0, 0.1) is 5.82 Å². The number of aromatic carboxylic acids is 1. The van der Waals surface area contributed by atoms with Crippen molar-refractivity contribution >= 4 is 16.9 Å². The summed E-state index contributed by atoms with van der Waals surface area (Å²) in [7, 11) is 0. The molecule has 20 heavy (non-hydrogen) atoms. The third kappa shape index (κ3) is 2.07. The summed E-state index contributed by atoms with van der Waals surface area (Å²) in [5.41, 5.74) is 0.293. The van der Waals surface area contributed by atoms with Crippen LogP contribution in [0.25, 0.3) is 11.0 Å². The highest BCUT2D eigenvalue weighted by Crippen LogP contribution is 2.30. The summed E-state index contributed by atoms with van der Waals surface area (Å²) in [5, 5.41) is 9.66. The van der Waals surface area contributed by atoms with Gasteiger partial charge in [-0.15, -0.1) is 0 Å². The first-order valence-corrected chi connectivity index (χ1v) is 5.68. The molecule has 0 amide bonds. The number of aromatic nitrogens is 1. The Kier molecular flexibility index (Phi) is 2.83. The fourth-order valence-corrected chi connectivity index (χ4v) is 1.81. The zero-order valence-corrected chi connectivity index (χ0v) is 10.0. The summed E-state index contributed by atoms with van der Waals surface area (Å²) in [4.78, 5) is 15.1. The van der Waals surface area contributed by atoms with Gasteiger partial charge in [0.05, 0.1) is 11.6 Å². The van der Waals surface area contributed by atoms with Crippen molar-refractivity contribution in [2.24, 2.45) is 0 Å². The molecule has 0 bridgehead atoms. The van der Waals surface area contributed by atoms with E-state index in [-0.39, 0.29) is 17.2 Å². The number of fused-ring (bicyclic) bond motifs is 1. The van der Waals surface area contributed by atoms with Crippen LogP contribution < -0.4 is 4.74 Å². The number of pyridine rings is 1. The van der Waals surface area contributed by atoms with Crippen molar-refractivity contribution < 1.29 is 23.4 Å². The van der Waals surface area contributed by atoms with Gasteiger partial charge in [0, 0.05) is 6.20 Å². The van der Waals surface area contributed by atoms with E-state index >= 15 is 0 Å². The maximum Gasteiger partial charge on any atom is 0.339 e. The molecule has 0 aliphatic carbocycles. The van der Waals surface area contributed by atoms with Gasteiger partial charge >= 0.3 is 5.97 Å². The highest BCUT2D eigenvalue weighted by molar-refractivity contribution is 5.91. The number of ether oxygens (including phenoxy) is 1. The van der Waals surface area contributed by atoms with E-state index < -0.39 is 11.8 Å². The first-order chi connectivity index (χ1) is 9.65. The molecule has 2 aromatic heterocycles. The Morgan fingerprint density at radius 2 is 2.15 bits per heavy atom. The monoisotopic (exact) mass is 273 g/mol. The molecule has 6 heteroatoms. The summed E-state index contributed by atoms with van der Waals surface area (Å²) in [6.45, 7) is 0. The molecule has 0 aliphatic rings. The van der Waals surface area contributed by atoms with Crippen LogP contribution in [0.3, 0.4) is 0 Å². The fourth-order valence-electron chi connectivity index (χ4n) is 1.81. The number of rotatable bonds is 3. The van der Waals surface area contributed by atoms with E-state index in [0.29, 0.717) is 11.0 Å². The van der Waals surface area contributed by atoms with E-state index in [2.05, 4.69) is 4.98 Å². The minimum Gasteiger partial charge on any atom is -0.478 e. The number of carboxylic acid groups (broad SMARTS) is 1. The van der Waals surface area contributed by atoms with Gasteiger partial charge in [0.15, 0.2) is 0 Å². The number of halogens is 1. The van der Waals surface area contributed by atoms with Crippen LogP contribution in [0.15, 0.2) is 47.2 Å². The minimum atomic E-state index is -1.28. The Labute approximate surface area is 112 Å². The quantitative estimate of drug-likeness (QED) is 0.791. The molecule has 1 N–H and O–H groups in total. The van der Waals surface area contributed by atoms with E-state index in [9.17, 15) is 9.18 Å². The van der Waals surface area contributed by atoms with Crippen molar-refractivity contribution in [3.63, 3.8) is 0 Å². The number of carboxylic acids is 1. The first-order valence-electron chi connectivity index (χ1n) is 5.68. The lowest BCUT2D eigenvalue weighted by atomic mass is 10.2. The molecule has 3 rings (SSSR count). The SMILES string of the molecule is O=C(O)c1cc(F)ccc1Oc1nccc2occc12. The van der Waals surface area contributed by atoms with Crippen LogP contribution in [0.2, 0.25) is 0 Å². The van der Waals surface area contributed by atoms with Crippen LogP contribution in [0.4, 0.5) is 4.39 Å². The number of carbonyl (C=O) groups is 1. The highest BCUT2D eigenvalue weighted by atomic mass is 19.1. The first kappa shape index (κ1) is 12.2. The number of nitrogens with zero attached hydrogens (tertiary/aromatic N) is 1. The van der Waals surface area contributed by atoms with Gasteiger partial charge in [-0.25, -0.2) is 14.2 Å². The topological polar surface area (TPSA) is 72.6 Å². The van der Waals surface area contributed by atoms with Crippen LogP contribution in [0.5, 0.6) is 11.6 Å².